The van der Waals surface area contributed by atoms with Crippen molar-refractivity contribution in [3.05, 3.63) is 171 Å². The van der Waals surface area contributed by atoms with E-state index in [9.17, 15) is 15.8 Å². The summed E-state index contributed by atoms with van der Waals surface area (Å²) in [6.45, 7) is 2.22. The summed E-state index contributed by atoms with van der Waals surface area (Å²) in [5.41, 5.74) is 17.0. The monoisotopic (exact) mass is 671 g/mol. The Morgan fingerprint density at radius 2 is 1.44 bits per heavy atom. The van der Waals surface area contributed by atoms with Crippen molar-refractivity contribution in [2.24, 2.45) is 0 Å². The van der Waals surface area contributed by atoms with Crippen molar-refractivity contribution in [1.29, 1.82) is 15.8 Å². The van der Waals surface area contributed by atoms with Crippen LogP contribution in [0.5, 0.6) is 0 Å². The molecule has 0 amide bonds. The van der Waals surface area contributed by atoms with Crippen LogP contribution >= 0.6 is 0 Å². The van der Waals surface area contributed by atoms with Crippen molar-refractivity contribution >= 4 is 22.6 Å². The molecule has 52 heavy (non-hydrogen) atoms. The standard InChI is InChI=1S/C47H37N5/c1-31-8-2-3-12-39(31)40-13-4-5-14-44(40)51-45-15-6-9-32(28-48)24-42(45)37-11-7-10-36(27-37)35-18-20-38(21-19-35)52-46-23-17-33(29-49)25-43(46)41-22-16-34(30-50)26-47(41)52/h2,5-11,14-16,18-22,25-27,51H,3-4,12-13,17,23-24H2,1H3. The summed E-state index contributed by atoms with van der Waals surface area (Å²) in [6, 6.07) is 30.0. The van der Waals surface area contributed by atoms with E-state index in [2.05, 4.69) is 114 Å². The lowest BCUT2D eigenvalue weighted by atomic mass is 9.86. The molecule has 0 fully saturated rings. The predicted octanol–water partition coefficient (Wildman–Crippen LogP) is 11.0. The zero-order valence-corrected chi connectivity index (χ0v) is 29.2. The molecule has 4 aliphatic carbocycles. The van der Waals surface area contributed by atoms with Gasteiger partial charge in [0.05, 0.1) is 29.3 Å². The molecule has 0 spiro atoms. The van der Waals surface area contributed by atoms with Crippen molar-refractivity contribution in [1.82, 2.24) is 9.88 Å². The van der Waals surface area contributed by atoms with Gasteiger partial charge < -0.3 is 9.88 Å². The van der Waals surface area contributed by atoms with Gasteiger partial charge >= 0.3 is 0 Å². The van der Waals surface area contributed by atoms with E-state index in [1.807, 2.05) is 36.4 Å². The SMILES string of the molecule is CC1=C(C2=C(NC3=C(c4cccc(-c5ccc(-n6c7c(c8ccc(C#N)cc86)C=C(C#N)CC7)cc5)c4)CC(C#N)=CC=C3)C=CCC2)CCC=C1. The van der Waals surface area contributed by atoms with E-state index in [4.69, 9.17) is 0 Å². The predicted molar refractivity (Wildman–Crippen MR) is 209 cm³/mol. The molecule has 0 radical (unpaired) electrons. The van der Waals surface area contributed by atoms with Crippen LogP contribution < -0.4 is 5.32 Å². The smallest absolute Gasteiger partial charge is 0.0992 e. The van der Waals surface area contributed by atoms with Crippen LogP contribution in [-0.2, 0) is 6.42 Å². The average Bonchev–Trinajstić information content (AvgIpc) is 3.37. The van der Waals surface area contributed by atoms with Gasteiger partial charge in [-0.25, -0.2) is 0 Å². The fraction of sp³-hybridized carbons (Fsp3) is 0.170. The number of hydrogen-bond donors (Lipinski definition) is 1. The molecule has 1 aromatic heterocycles. The van der Waals surface area contributed by atoms with Gasteiger partial charge in [-0.15, -0.1) is 0 Å². The molecule has 1 heterocycles. The highest BCUT2D eigenvalue weighted by Gasteiger charge is 2.23. The van der Waals surface area contributed by atoms with Crippen LogP contribution in [-0.4, -0.2) is 4.57 Å². The first-order valence-electron chi connectivity index (χ1n) is 18.0. The van der Waals surface area contributed by atoms with Crippen molar-refractivity contribution in [3.8, 4) is 35.0 Å². The van der Waals surface area contributed by atoms with Crippen molar-refractivity contribution < 1.29 is 0 Å². The second-order valence-corrected chi connectivity index (χ2v) is 13.7. The first-order chi connectivity index (χ1) is 25.5. The highest BCUT2D eigenvalue weighted by molar-refractivity contribution is 5.95. The molecule has 0 unspecified atom stereocenters. The highest BCUT2D eigenvalue weighted by Crippen LogP contribution is 2.38. The number of benzene rings is 3. The first-order valence-corrected chi connectivity index (χ1v) is 18.0. The lowest BCUT2D eigenvalue weighted by molar-refractivity contribution is 0.845. The van der Waals surface area contributed by atoms with Gasteiger partial charge in [-0.3, -0.25) is 0 Å². The van der Waals surface area contributed by atoms with Gasteiger partial charge in [-0.05, 0) is 139 Å². The quantitative estimate of drug-likeness (QED) is 0.221. The lowest BCUT2D eigenvalue weighted by Gasteiger charge is -2.24. The number of nitrogens with one attached hydrogen (secondary N) is 1. The largest absolute Gasteiger partial charge is 0.355 e. The summed E-state index contributed by atoms with van der Waals surface area (Å²) >= 11 is 0. The van der Waals surface area contributed by atoms with Gasteiger partial charge in [0.1, 0.15) is 0 Å². The summed E-state index contributed by atoms with van der Waals surface area (Å²) in [5.74, 6) is 0. The number of rotatable bonds is 6. The third-order valence-electron chi connectivity index (χ3n) is 10.6. The van der Waals surface area contributed by atoms with E-state index in [-0.39, 0.29) is 0 Å². The molecule has 5 nitrogen and oxygen atoms in total. The second-order valence-electron chi connectivity index (χ2n) is 13.7. The zero-order valence-electron chi connectivity index (χ0n) is 29.2. The van der Waals surface area contributed by atoms with E-state index in [1.165, 1.54) is 16.7 Å². The van der Waals surface area contributed by atoms with Crippen LogP contribution in [0.1, 0.15) is 67.8 Å². The zero-order chi connectivity index (χ0) is 35.6. The van der Waals surface area contributed by atoms with E-state index in [1.54, 1.807) is 0 Å². The maximum atomic E-state index is 10.00. The van der Waals surface area contributed by atoms with Crippen molar-refractivity contribution in [2.45, 2.75) is 51.9 Å². The molecule has 3 aromatic carbocycles. The van der Waals surface area contributed by atoms with Gasteiger partial charge in [0.2, 0.25) is 0 Å². The topological polar surface area (TPSA) is 88.3 Å². The Morgan fingerprint density at radius 1 is 0.673 bits per heavy atom. The Kier molecular flexibility index (Phi) is 8.74. The van der Waals surface area contributed by atoms with Crippen molar-refractivity contribution in [2.75, 3.05) is 0 Å². The Balaban J connectivity index is 1.17. The molecular weight excluding hydrogens is 635 g/mol. The van der Waals surface area contributed by atoms with E-state index < -0.39 is 0 Å². The Bertz CT molecular complexity index is 2530. The number of nitrogens with zero attached hydrogens (tertiary/aromatic N) is 4. The molecule has 0 saturated carbocycles. The number of nitriles is 3. The van der Waals surface area contributed by atoms with Gasteiger partial charge in [0.25, 0.3) is 0 Å². The minimum atomic E-state index is 0.531. The van der Waals surface area contributed by atoms with Crippen LogP contribution in [0.4, 0.5) is 0 Å². The summed E-state index contributed by atoms with van der Waals surface area (Å²) in [6.07, 6.45) is 23.2. The maximum Gasteiger partial charge on any atom is 0.0992 e. The molecule has 250 valence electrons. The number of fused-ring (bicyclic) bond motifs is 3. The van der Waals surface area contributed by atoms with Gasteiger partial charge in [-0.2, -0.15) is 15.8 Å². The molecule has 5 heteroatoms. The first kappa shape index (κ1) is 32.6. The Hall–Kier alpha value is -6.61. The molecule has 8 rings (SSSR count). The van der Waals surface area contributed by atoms with E-state index >= 15 is 0 Å². The molecule has 0 atom stereocenters. The molecule has 4 aliphatic rings. The summed E-state index contributed by atoms with van der Waals surface area (Å²) in [5, 5.41) is 34.2. The fourth-order valence-corrected chi connectivity index (χ4v) is 7.99. The molecule has 0 aliphatic heterocycles. The second kappa shape index (κ2) is 14.0. The third-order valence-corrected chi connectivity index (χ3v) is 10.6. The maximum absolute atomic E-state index is 10.00. The number of aromatic nitrogens is 1. The Labute approximate surface area is 305 Å². The van der Waals surface area contributed by atoms with Gasteiger partial charge in [0.15, 0.2) is 0 Å². The van der Waals surface area contributed by atoms with Crippen molar-refractivity contribution in [3.63, 3.8) is 0 Å². The minimum Gasteiger partial charge on any atom is -0.355 e. The summed E-state index contributed by atoms with van der Waals surface area (Å²) in [7, 11) is 0. The normalized spacial score (nSPS) is 16.9. The summed E-state index contributed by atoms with van der Waals surface area (Å²) < 4.78 is 2.25. The lowest BCUT2D eigenvalue weighted by Crippen LogP contribution is -2.17. The van der Waals surface area contributed by atoms with Crippen LogP contribution in [0.3, 0.4) is 0 Å². The molecule has 0 saturated heterocycles. The van der Waals surface area contributed by atoms with Gasteiger partial charge in [0, 0.05) is 51.3 Å². The van der Waals surface area contributed by atoms with Crippen LogP contribution in [0, 0.1) is 34.0 Å². The average molecular weight is 672 g/mol. The number of allylic oxidation sites excluding steroid dienone is 13. The molecular formula is C47H37N5. The Morgan fingerprint density at radius 3 is 2.23 bits per heavy atom. The van der Waals surface area contributed by atoms with Crippen LogP contribution in [0.15, 0.2) is 149 Å². The highest BCUT2D eigenvalue weighted by atomic mass is 15.0. The van der Waals surface area contributed by atoms with Crippen LogP contribution in [0.2, 0.25) is 0 Å². The van der Waals surface area contributed by atoms with Crippen LogP contribution in [0.25, 0.3) is 39.4 Å². The fourth-order valence-electron chi connectivity index (χ4n) is 7.99. The number of hydrogen-bond acceptors (Lipinski definition) is 4. The van der Waals surface area contributed by atoms with Gasteiger partial charge in [-0.1, -0.05) is 60.7 Å². The minimum absolute atomic E-state index is 0.531. The third kappa shape index (κ3) is 6.06. The van der Waals surface area contributed by atoms with E-state index in [0.717, 1.165) is 105 Å². The van der Waals surface area contributed by atoms with E-state index in [0.29, 0.717) is 18.4 Å². The summed E-state index contributed by atoms with van der Waals surface area (Å²) in [4.78, 5) is 0. The molecule has 4 aromatic rings. The molecule has 0 bridgehead atoms. The molecule has 1 N–H and O–H groups in total.